The van der Waals surface area contributed by atoms with Crippen LogP contribution < -0.4 is 21.5 Å². The average molecular weight is 553 g/mol. The van der Waals surface area contributed by atoms with Crippen molar-refractivity contribution >= 4 is 28.8 Å². The molecular formula is C28H28N10O3. The van der Waals surface area contributed by atoms with Crippen LogP contribution in [0.15, 0.2) is 70.9 Å². The summed E-state index contributed by atoms with van der Waals surface area (Å²) in [6.07, 6.45) is 8.70. The highest BCUT2D eigenvalue weighted by molar-refractivity contribution is 5.90. The molecule has 0 unspecified atom stereocenters. The van der Waals surface area contributed by atoms with E-state index in [4.69, 9.17) is 0 Å². The molecule has 1 atom stereocenters. The fourth-order valence-electron chi connectivity index (χ4n) is 5.07. The number of hydrogen-bond acceptors (Lipinski definition) is 9. The van der Waals surface area contributed by atoms with Crippen molar-refractivity contribution in [3.63, 3.8) is 0 Å². The number of anilines is 2. The Morgan fingerprint density at radius 2 is 1.88 bits per heavy atom. The Balaban J connectivity index is 1.21. The van der Waals surface area contributed by atoms with E-state index in [9.17, 15) is 14.4 Å². The third-order valence-electron chi connectivity index (χ3n) is 7.22. The molecule has 0 aliphatic carbocycles. The second-order valence-corrected chi connectivity index (χ2v) is 10.0. The van der Waals surface area contributed by atoms with E-state index < -0.39 is 17.2 Å². The van der Waals surface area contributed by atoms with E-state index in [1.165, 1.54) is 22.5 Å². The van der Waals surface area contributed by atoms with Crippen molar-refractivity contribution < 1.29 is 4.79 Å². The molecule has 1 saturated heterocycles. The molecule has 6 heterocycles. The Labute approximate surface area is 234 Å². The first-order valence-electron chi connectivity index (χ1n) is 13.3. The minimum absolute atomic E-state index is 0.00186. The molecule has 13 heteroatoms. The fraction of sp³-hybridized carbons (Fsp3) is 0.286. The predicted octanol–water partition coefficient (Wildman–Crippen LogP) is 1.82. The van der Waals surface area contributed by atoms with Crippen LogP contribution in [0, 0.1) is 0 Å². The van der Waals surface area contributed by atoms with E-state index in [1.54, 1.807) is 48.9 Å². The van der Waals surface area contributed by atoms with Gasteiger partial charge in [0.05, 0.1) is 24.3 Å². The van der Waals surface area contributed by atoms with Crippen LogP contribution >= 0.6 is 0 Å². The lowest BCUT2D eigenvalue weighted by atomic mass is 10.2. The molecule has 0 spiro atoms. The molecule has 0 saturated carbocycles. The molecule has 0 radical (unpaired) electrons. The molecule has 6 rings (SSSR count). The summed E-state index contributed by atoms with van der Waals surface area (Å²) in [4.78, 5) is 63.5. The lowest BCUT2D eigenvalue weighted by molar-refractivity contribution is -0.116. The highest BCUT2D eigenvalue weighted by Gasteiger charge is 2.23. The van der Waals surface area contributed by atoms with Gasteiger partial charge in [0, 0.05) is 43.8 Å². The third-order valence-corrected chi connectivity index (χ3v) is 7.22. The van der Waals surface area contributed by atoms with Crippen LogP contribution in [-0.4, -0.2) is 57.1 Å². The van der Waals surface area contributed by atoms with Gasteiger partial charge in [-0.25, -0.2) is 24.7 Å². The number of carbonyl (C=O) groups excluding carboxylic acids is 1. The van der Waals surface area contributed by atoms with E-state index in [0.29, 0.717) is 29.2 Å². The quantitative estimate of drug-likeness (QED) is 0.319. The van der Waals surface area contributed by atoms with Gasteiger partial charge in [-0.1, -0.05) is 12.1 Å². The summed E-state index contributed by atoms with van der Waals surface area (Å²) in [6, 6.07) is 11.0. The number of imidazole rings is 1. The number of rotatable bonds is 7. The summed E-state index contributed by atoms with van der Waals surface area (Å²) in [7, 11) is 1.54. The average Bonchev–Trinajstić information content (AvgIpc) is 3.61. The lowest BCUT2D eigenvalue weighted by Gasteiger charge is -2.20. The largest absolute Gasteiger partial charge is 0.338 e. The Morgan fingerprint density at radius 1 is 1.05 bits per heavy atom. The smallest absolute Gasteiger partial charge is 0.332 e. The molecule has 5 aromatic rings. The Morgan fingerprint density at radius 3 is 2.61 bits per heavy atom. The summed E-state index contributed by atoms with van der Waals surface area (Å²) in [5, 5.41) is 2.78. The van der Waals surface area contributed by atoms with Gasteiger partial charge in [0.1, 0.15) is 12.4 Å². The molecule has 41 heavy (non-hydrogen) atoms. The highest BCUT2D eigenvalue weighted by atomic mass is 16.2. The molecule has 208 valence electrons. The van der Waals surface area contributed by atoms with E-state index in [-0.39, 0.29) is 24.3 Å². The maximum absolute atomic E-state index is 13.4. The van der Waals surface area contributed by atoms with Crippen molar-refractivity contribution in [3.8, 4) is 11.3 Å². The summed E-state index contributed by atoms with van der Waals surface area (Å²) in [5.41, 5.74) is 1.17. The second-order valence-electron chi connectivity index (χ2n) is 10.0. The molecule has 5 aromatic heterocycles. The minimum Gasteiger partial charge on any atom is -0.338 e. The van der Waals surface area contributed by atoms with E-state index >= 15 is 0 Å². The lowest BCUT2D eigenvalue weighted by Crippen LogP contribution is -2.40. The molecule has 1 aliphatic heterocycles. The molecule has 1 aliphatic rings. The van der Waals surface area contributed by atoms with Crippen molar-refractivity contribution in [1.82, 2.24) is 38.6 Å². The van der Waals surface area contributed by atoms with Gasteiger partial charge in [-0.2, -0.15) is 0 Å². The molecule has 0 aromatic carbocycles. The van der Waals surface area contributed by atoms with Crippen LogP contribution in [-0.2, 0) is 24.9 Å². The standard InChI is InChI=1S/C28H28N10O3/c1-18-7-6-12-37(18)27-30-13-19(14-31-27)21-9-5-10-22(33-21)34-23(39)16-36-17-32-25-24(36)26(40)38(28(41)35(25)2)15-20-8-3-4-11-29-20/h3-5,8-11,13-14,17-18H,6-7,12,15-16H2,1-2H3,(H,33,34,39)/t18-/m1/s1. The maximum Gasteiger partial charge on any atom is 0.332 e. The number of nitrogens with zero attached hydrogens (tertiary/aromatic N) is 9. The molecule has 1 amide bonds. The van der Waals surface area contributed by atoms with Crippen LogP contribution in [0.25, 0.3) is 22.4 Å². The second kappa shape index (κ2) is 10.8. The topological polar surface area (TPSA) is 146 Å². The summed E-state index contributed by atoms with van der Waals surface area (Å²) >= 11 is 0. The van der Waals surface area contributed by atoms with Crippen molar-refractivity contribution in [1.29, 1.82) is 0 Å². The number of aromatic nitrogens is 8. The number of pyridine rings is 2. The van der Waals surface area contributed by atoms with Crippen LogP contribution in [0.3, 0.4) is 0 Å². The summed E-state index contributed by atoms with van der Waals surface area (Å²) in [6.45, 7) is 2.91. The van der Waals surface area contributed by atoms with Gasteiger partial charge >= 0.3 is 5.69 Å². The zero-order chi connectivity index (χ0) is 28.5. The van der Waals surface area contributed by atoms with Gasteiger partial charge < -0.3 is 14.8 Å². The zero-order valence-electron chi connectivity index (χ0n) is 22.6. The zero-order valence-corrected chi connectivity index (χ0v) is 22.6. The molecule has 1 N–H and O–H groups in total. The Hall–Kier alpha value is -5.20. The summed E-state index contributed by atoms with van der Waals surface area (Å²) < 4.78 is 3.80. The number of nitrogens with one attached hydrogen (secondary N) is 1. The molecule has 1 fully saturated rings. The van der Waals surface area contributed by atoms with Gasteiger partial charge in [-0.3, -0.25) is 23.7 Å². The normalized spacial score (nSPS) is 15.0. The monoisotopic (exact) mass is 552 g/mol. The van der Waals surface area contributed by atoms with E-state index in [1.807, 2.05) is 6.07 Å². The van der Waals surface area contributed by atoms with E-state index in [0.717, 1.165) is 29.5 Å². The van der Waals surface area contributed by atoms with Crippen molar-refractivity contribution in [2.75, 3.05) is 16.8 Å². The molecule has 0 bridgehead atoms. The van der Waals surface area contributed by atoms with Gasteiger partial charge in [-0.05, 0) is 44.0 Å². The van der Waals surface area contributed by atoms with Crippen molar-refractivity contribution in [3.05, 3.63) is 87.8 Å². The minimum atomic E-state index is -0.550. The van der Waals surface area contributed by atoms with Gasteiger partial charge in [-0.15, -0.1) is 0 Å². The SMILES string of the molecule is C[C@@H]1CCCN1c1ncc(-c2cccc(NC(=O)Cn3cnc4c3c(=O)n(Cc3ccccn3)c(=O)n4C)n2)cn1. The predicted molar refractivity (Wildman–Crippen MR) is 153 cm³/mol. The first-order chi connectivity index (χ1) is 19.9. The molecule has 13 nitrogen and oxygen atoms in total. The maximum atomic E-state index is 13.4. The third kappa shape index (κ3) is 5.09. The number of fused-ring (bicyclic) bond motifs is 1. The highest BCUT2D eigenvalue weighted by Crippen LogP contribution is 2.24. The number of carbonyl (C=O) groups is 1. The Kier molecular flexibility index (Phi) is 6.83. The van der Waals surface area contributed by atoms with Crippen LogP contribution in [0.4, 0.5) is 11.8 Å². The molecular weight excluding hydrogens is 524 g/mol. The van der Waals surface area contributed by atoms with Gasteiger partial charge in [0.25, 0.3) is 5.56 Å². The van der Waals surface area contributed by atoms with Crippen LogP contribution in [0.5, 0.6) is 0 Å². The number of hydrogen-bond donors (Lipinski definition) is 1. The first-order valence-corrected chi connectivity index (χ1v) is 13.3. The van der Waals surface area contributed by atoms with E-state index in [2.05, 4.69) is 42.1 Å². The number of amides is 1. The number of aryl methyl sites for hydroxylation is 1. The first kappa shape index (κ1) is 26.0. The van der Waals surface area contributed by atoms with Crippen molar-refractivity contribution in [2.45, 2.75) is 38.9 Å². The van der Waals surface area contributed by atoms with Crippen LogP contribution in [0.2, 0.25) is 0 Å². The fourth-order valence-corrected chi connectivity index (χ4v) is 5.07. The van der Waals surface area contributed by atoms with Crippen LogP contribution in [0.1, 0.15) is 25.5 Å². The van der Waals surface area contributed by atoms with Gasteiger partial charge in [0.15, 0.2) is 11.2 Å². The van der Waals surface area contributed by atoms with Crippen molar-refractivity contribution in [2.24, 2.45) is 7.05 Å². The summed E-state index contributed by atoms with van der Waals surface area (Å²) in [5.74, 6) is 0.634. The Bertz CT molecular complexity index is 1840. The van der Waals surface area contributed by atoms with Gasteiger partial charge in [0.2, 0.25) is 11.9 Å².